The Morgan fingerprint density at radius 2 is 2.22 bits per heavy atom. The van der Waals surface area contributed by atoms with E-state index in [2.05, 4.69) is 15.0 Å². The fraction of sp³-hybridized carbons (Fsp3) is 0.375. The highest BCUT2D eigenvalue weighted by atomic mass is 16.3. The standard InChI is InChI=1S/C16H19N5O2/c1-20(2)16-12-5-7-21(14(23)10-22)9-13(12)18-15(19-16)11-4-3-6-17-8-11/h3-4,6,8,22H,5,7,9-10H2,1-2H3. The molecule has 23 heavy (non-hydrogen) atoms. The topological polar surface area (TPSA) is 82.5 Å². The summed E-state index contributed by atoms with van der Waals surface area (Å²) in [4.78, 5) is 28.8. The number of rotatable bonds is 3. The molecule has 1 amide bonds. The number of aliphatic hydroxyl groups excluding tert-OH is 1. The molecule has 0 unspecified atom stereocenters. The second-order valence-electron chi connectivity index (χ2n) is 5.66. The van der Waals surface area contributed by atoms with Crippen molar-refractivity contribution in [1.29, 1.82) is 0 Å². The van der Waals surface area contributed by atoms with Crippen molar-refractivity contribution in [2.75, 3.05) is 32.1 Å². The van der Waals surface area contributed by atoms with E-state index in [1.54, 1.807) is 17.3 Å². The molecular formula is C16H19N5O2. The highest BCUT2D eigenvalue weighted by Gasteiger charge is 2.25. The minimum atomic E-state index is -0.476. The van der Waals surface area contributed by atoms with Crippen molar-refractivity contribution in [2.45, 2.75) is 13.0 Å². The van der Waals surface area contributed by atoms with Gasteiger partial charge in [0.2, 0.25) is 5.91 Å². The number of fused-ring (bicyclic) bond motifs is 1. The minimum Gasteiger partial charge on any atom is -0.387 e. The van der Waals surface area contributed by atoms with Gasteiger partial charge in [-0.05, 0) is 18.6 Å². The Kier molecular flexibility index (Phi) is 4.20. The summed E-state index contributed by atoms with van der Waals surface area (Å²) in [7, 11) is 3.89. The van der Waals surface area contributed by atoms with E-state index in [9.17, 15) is 4.79 Å². The normalized spacial score (nSPS) is 13.6. The van der Waals surface area contributed by atoms with Crippen LogP contribution in [0.25, 0.3) is 11.4 Å². The highest BCUT2D eigenvalue weighted by Crippen LogP contribution is 2.28. The average molecular weight is 313 g/mol. The van der Waals surface area contributed by atoms with E-state index >= 15 is 0 Å². The van der Waals surface area contributed by atoms with E-state index in [1.165, 1.54) is 0 Å². The summed E-state index contributed by atoms with van der Waals surface area (Å²) in [5.74, 6) is 1.19. The molecule has 1 aliphatic heterocycles. The van der Waals surface area contributed by atoms with Crippen molar-refractivity contribution in [1.82, 2.24) is 19.9 Å². The molecule has 3 rings (SSSR count). The lowest BCUT2D eigenvalue weighted by Gasteiger charge is -2.30. The third-order valence-corrected chi connectivity index (χ3v) is 3.87. The summed E-state index contributed by atoms with van der Waals surface area (Å²) in [5, 5.41) is 9.07. The Morgan fingerprint density at radius 1 is 1.39 bits per heavy atom. The van der Waals surface area contributed by atoms with E-state index in [1.807, 2.05) is 31.1 Å². The average Bonchev–Trinajstić information content (AvgIpc) is 2.60. The Balaban J connectivity index is 2.06. The number of hydrogen-bond donors (Lipinski definition) is 1. The van der Waals surface area contributed by atoms with Crippen molar-refractivity contribution in [2.24, 2.45) is 0 Å². The maximum absolute atomic E-state index is 11.8. The number of anilines is 1. The van der Waals surface area contributed by atoms with Gasteiger partial charge in [-0.25, -0.2) is 9.97 Å². The molecule has 3 heterocycles. The number of carbonyl (C=O) groups is 1. The lowest BCUT2D eigenvalue weighted by molar-refractivity contribution is -0.135. The summed E-state index contributed by atoms with van der Waals surface area (Å²) in [5.41, 5.74) is 2.73. The number of pyridine rings is 1. The first-order chi connectivity index (χ1) is 11.1. The van der Waals surface area contributed by atoms with Crippen molar-refractivity contribution in [3.8, 4) is 11.4 Å². The second-order valence-corrected chi connectivity index (χ2v) is 5.66. The van der Waals surface area contributed by atoms with E-state index < -0.39 is 6.61 Å². The second kappa shape index (κ2) is 6.29. The largest absolute Gasteiger partial charge is 0.387 e. The van der Waals surface area contributed by atoms with Crippen LogP contribution in [0.15, 0.2) is 24.5 Å². The zero-order valence-electron chi connectivity index (χ0n) is 13.2. The minimum absolute atomic E-state index is 0.274. The van der Waals surface area contributed by atoms with Crippen LogP contribution in [0.2, 0.25) is 0 Å². The third kappa shape index (κ3) is 3.00. The molecule has 7 heteroatoms. The molecule has 1 aliphatic rings. The lowest BCUT2D eigenvalue weighted by atomic mass is 10.0. The molecule has 2 aromatic heterocycles. The third-order valence-electron chi connectivity index (χ3n) is 3.87. The van der Waals surface area contributed by atoms with Crippen LogP contribution in [0.3, 0.4) is 0 Å². The molecule has 0 fully saturated rings. The molecule has 0 aliphatic carbocycles. The first kappa shape index (κ1) is 15.4. The molecule has 0 atom stereocenters. The van der Waals surface area contributed by atoms with Gasteiger partial charge >= 0.3 is 0 Å². The van der Waals surface area contributed by atoms with Crippen molar-refractivity contribution < 1.29 is 9.90 Å². The van der Waals surface area contributed by atoms with Crippen LogP contribution in [0, 0.1) is 0 Å². The van der Waals surface area contributed by atoms with Crippen molar-refractivity contribution in [3.05, 3.63) is 35.8 Å². The SMILES string of the molecule is CN(C)c1nc(-c2cccnc2)nc2c1CCN(C(=O)CO)C2. The fourth-order valence-electron chi connectivity index (χ4n) is 2.72. The first-order valence-electron chi connectivity index (χ1n) is 7.46. The van der Waals surface area contributed by atoms with Gasteiger partial charge in [0, 0.05) is 44.2 Å². The van der Waals surface area contributed by atoms with Crippen LogP contribution in [0.4, 0.5) is 5.82 Å². The van der Waals surface area contributed by atoms with Crippen LogP contribution in [-0.4, -0.2) is 58.1 Å². The smallest absolute Gasteiger partial charge is 0.248 e. The molecule has 0 spiro atoms. The van der Waals surface area contributed by atoms with E-state index in [0.29, 0.717) is 25.3 Å². The van der Waals surface area contributed by atoms with E-state index in [-0.39, 0.29) is 5.91 Å². The van der Waals surface area contributed by atoms with Crippen molar-refractivity contribution >= 4 is 11.7 Å². The number of amides is 1. The van der Waals surface area contributed by atoms with E-state index in [4.69, 9.17) is 5.11 Å². The van der Waals surface area contributed by atoms with Gasteiger partial charge in [-0.3, -0.25) is 9.78 Å². The zero-order chi connectivity index (χ0) is 16.4. The Morgan fingerprint density at radius 3 is 2.87 bits per heavy atom. The van der Waals surface area contributed by atoms with Gasteiger partial charge in [0.25, 0.3) is 0 Å². The number of hydrogen-bond acceptors (Lipinski definition) is 6. The molecule has 0 radical (unpaired) electrons. The Labute approximate surface area is 134 Å². The van der Waals surface area contributed by atoms with Crippen LogP contribution >= 0.6 is 0 Å². The van der Waals surface area contributed by atoms with Crippen LogP contribution in [0.1, 0.15) is 11.3 Å². The number of nitrogens with zero attached hydrogens (tertiary/aromatic N) is 5. The van der Waals surface area contributed by atoms with Crippen LogP contribution in [0.5, 0.6) is 0 Å². The van der Waals surface area contributed by atoms with Gasteiger partial charge in [-0.2, -0.15) is 0 Å². The predicted octanol–water partition coefficient (Wildman–Crippen LogP) is 0.482. The molecule has 0 saturated heterocycles. The molecular weight excluding hydrogens is 294 g/mol. The number of carbonyl (C=O) groups excluding carboxylic acids is 1. The summed E-state index contributed by atoms with van der Waals surface area (Å²) < 4.78 is 0. The monoisotopic (exact) mass is 313 g/mol. The molecule has 1 N–H and O–H groups in total. The number of aromatic nitrogens is 3. The molecule has 120 valence electrons. The fourth-order valence-corrected chi connectivity index (χ4v) is 2.72. The maximum Gasteiger partial charge on any atom is 0.248 e. The van der Waals surface area contributed by atoms with E-state index in [0.717, 1.165) is 22.6 Å². The molecule has 0 aromatic carbocycles. The van der Waals surface area contributed by atoms with Gasteiger partial charge in [-0.15, -0.1) is 0 Å². The van der Waals surface area contributed by atoms with Crippen molar-refractivity contribution in [3.63, 3.8) is 0 Å². The highest BCUT2D eigenvalue weighted by molar-refractivity contribution is 5.77. The number of aliphatic hydroxyl groups is 1. The molecule has 7 nitrogen and oxygen atoms in total. The molecule has 2 aromatic rings. The first-order valence-corrected chi connectivity index (χ1v) is 7.46. The van der Waals surface area contributed by atoms with Gasteiger partial charge in [0.05, 0.1) is 12.2 Å². The predicted molar refractivity (Wildman–Crippen MR) is 85.8 cm³/mol. The van der Waals surface area contributed by atoms with Gasteiger partial charge in [0.1, 0.15) is 12.4 Å². The summed E-state index contributed by atoms with van der Waals surface area (Å²) in [6, 6.07) is 3.75. The summed E-state index contributed by atoms with van der Waals surface area (Å²) in [6.07, 6.45) is 4.11. The van der Waals surface area contributed by atoms with Crippen LogP contribution in [-0.2, 0) is 17.8 Å². The quantitative estimate of drug-likeness (QED) is 0.887. The van der Waals surface area contributed by atoms with Gasteiger partial charge < -0.3 is 14.9 Å². The molecule has 0 saturated carbocycles. The maximum atomic E-state index is 11.8. The van der Waals surface area contributed by atoms with Gasteiger partial charge in [0.15, 0.2) is 5.82 Å². The summed E-state index contributed by atoms with van der Waals surface area (Å²) >= 11 is 0. The lowest BCUT2D eigenvalue weighted by Crippen LogP contribution is -2.38. The van der Waals surface area contributed by atoms with Gasteiger partial charge in [-0.1, -0.05) is 0 Å². The zero-order valence-corrected chi connectivity index (χ0v) is 13.2. The Bertz CT molecular complexity index is 718. The summed E-state index contributed by atoms with van der Waals surface area (Å²) in [6.45, 7) is 0.491. The Hall–Kier alpha value is -2.54. The molecule has 0 bridgehead atoms. The van der Waals surface area contributed by atoms with Crippen LogP contribution < -0.4 is 4.90 Å².